The highest BCUT2D eigenvalue weighted by Crippen LogP contribution is 2.23. The monoisotopic (exact) mass is 362 g/mol. The maximum Gasteiger partial charge on any atom is 0.228 e. The molecule has 6 heteroatoms. The standard InChI is InChI=1S/C18H16Cl2N2O2/c19-13-9-14(20)11-15(10-13)21-17(23)8-12-3-5-16(6-4-12)22-7-1-2-18(22)24/h3-6,9-11H,1-2,7-8H2,(H,21,23). The number of nitrogens with zero attached hydrogens (tertiary/aromatic N) is 1. The lowest BCUT2D eigenvalue weighted by molar-refractivity contribution is -0.117. The molecule has 0 unspecified atom stereocenters. The fourth-order valence-corrected chi connectivity index (χ4v) is 3.26. The van der Waals surface area contributed by atoms with Gasteiger partial charge in [0.15, 0.2) is 0 Å². The number of halogens is 2. The van der Waals surface area contributed by atoms with E-state index in [9.17, 15) is 9.59 Å². The first-order chi connectivity index (χ1) is 11.5. The Morgan fingerprint density at radius 3 is 2.33 bits per heavy atom. The summed E-state index contributed by atoms with van der Waals surface area (Å²) in [7, 11) is 0. The van der Waals surface area contributed by atoms with Gasteiger partial charge in [0.1, 0.15) is 0 Å². The molecule has 24 heavy (non-hydrogen) atoms. The van der Waals surface area contributed by atoms with Crippen molar-refractivity contribution < 1.29 is 9.59 Å². The van der Waals surface area contributed by atoms with Gasteiger partial charge < -0.3 is 10.2 Å². The number of carbonyl (C=O) groups excluding carboxylic acids is 2. The predicted octanol–water partition coefficient (Wildman–Crippen LogP) is 4.30. The molecule has 1 saturated heterocycles. The normalized spacial score (nSPS) is 14.1. The van der Waals surface area contributed by atoms with Gasteiger partial charge in [-0.25, -0.2) is 0 Å². The Hall–Kier alpha value is -2.04. The molecule has 1 heterocycles. The number of nitrogens with one attached hydrogen (secondary N) is 1. The molecule has 0 aromatic heterocycles. The van der Waals surface area contributed by atoms with Crippen molar-refractivity contribution in [2.75, 3.05) is 16.8 Å². The summed E-state index contributed by atoms with van der Waals surface area (Å²) < 4.78 is 0. The second kappa shape index (κ2) is 7.24. The van der Waals surface area contributed by atoms with E-state index >= 15 is 0 Å². The van der Waals surface area contributed by atoms with Gasteiger partial charge in [-0.1, -0.05) is 35.3 Å². The summed E-state index contributed by atoms with van der Waals surface area (Å²) in [5, 5.41) is 3.72. The minimum absolute atomic E-state index is 0.151. The van der Waals surface area contributed by atoms with E-state index in [0.29, 0.717) is 22.2 Å². The van der Waals surface area contributed by atoms with E-state index in [0.717, 1.165) is 24.2 Å². The van der Waals surface area contributed by atoms with Crippen LogP contribution in [0.5, 0.6) is 0 Å². The molecule has 2 aromatic rings. The zero-order chi connectivity index (χ0) is 17.1. The molecule has 1 N–H and O–H groups in total. The van der Waals surface area contributed by atoms with Crippen molar-refractivity contribution in [2.24, 2.45) is 0 Å². The Bertz CT molecular complexity index is 755. The minimum Gasteiger partial charge on any atom is -0.326 e. The highest BCUT2D eigenvalue weighted by atomic mass is 35.5. The summed E-state index contributed by atoms with van der Waals surface area (Å²) in [5.74, 6) is -0.00309. The van der Waals surface area contributed by atoms with Crippen LogP contribution in [0.1, 0.15) is 18.4 Å². The van der Waals surface area contributed by atoms with Gasteiger partial charge >= 0.3 is 0 Å². The molecular weight excluding hydrogens is 347 g/mol. The summed E-state index contributed by atoms with van der Waals surface area (Å²) in [6, 6.07) is 12.4. The first-order valence-corrected chi connectivity index (χ1v) is 8.42. The van der Waals surface area contributed by atoms with Crippen LogP contribution in [0.25, 0.3) is 0 Å². The van der Waals surface area contributed by atoms with Gasteiger partial charge in [0, 0.05) is 34.4 Å². The Morgan fingerprint density at radius 1 is 1.08 bits per heavy atom. The molecule has 1 fully saturated rings. The molecule has 2 amide bonds. The van der Waals surface area contributed by atoms with Gasteiger partial charge in [0.05, 0.1) is 6.42 Å². The molecular formula is C18H16Cl2N2O2. The largest absolute Gasteiger partial charge is 0.326 e. The Labute approximate surface area is 150 Å². The number of hydrogen-bond donors (Lipinski definition) is 1. The summed E-state index contributed by atoms with van der Waals surface area (Å²) >= 11 is 11.8. The van der Waals surface area contributed by atoms with Gasteiger partial charge in [0.2, 0.25) is 11.8 Å². The lowest BCUT2D eigenvalue weighted by Gasteiger charge is -2.15. The van der Waals surface area contributed by atoms with Crippen molar-refractivity contribution >= 4 is 46.4 Å². The van der Waals surface area contributed by atoms with Crippen molar-refractivity contribution in [1.82, 2.24) is 0 Å². The number of anilines is 2. The molecule has 0 aliphatic carbocycles. The van der Waals surface area contributed by atoms with Crippen molar-refractivity contribution in [2.45, 2.75) is 19.3 Å². The maximum atomic E-state index is 12.1. The van der Waals surface area contributed by atoms with Gasteiger partial charge in [-0.3, -0.25) is 9.59 Å². The molecule has 0 bridgehead atoms. The maximum absolute atomic E-state index is 12.1. The molecule has 0 radical (unpaired) electrons. The average Bonchev–Trinajstić information content (AvgIpc) is 2.93. The van der Waals surface area contributed by atoms with Crippen LogP contribution in [0.15, 0.2) is 42.5 Å². The molecule has 0 spiro atoms. The predicted molar refractivity (Wildman–Crippen MR) is 96.8 cm³/mol. The van der Waals surface area contributed by atoms with E-state index in [1.165, 1.54) is 0 Å². The number of benzene rings is 2. The van der Waals surface area contributed by atoms with Crippen molar-refractivity contribution in [3.63, 3.8) is 0 Å². The molecule has 0 atom stereocenters. The molecule has 1 aliphatic heterocycles. The van der Waals surface area contributed by atoms with Gasteiger partial charge in [-0.15, -0.1) is 0 Å². The van der Waals surface area contributed by atoms with Crippen LogP contribution in [0.3, 0.4) is 0 Å². The Balaban J connectivity index is 1.63. The number of rotatable bonds is 4. The van der Waals surface area contributed by atoms with Crippen molar-refractivity contribution in [1.29, 1.82) is 0 Å². The second-order valence-corrected chi connectivity index (χ2v) is 6.57. The van der Waals surface area contributed by atoms with Crippen LogP contribution >= 0.6 is 23.2 Å². The minimum atomic E-state index is -0.154. The number of hydrogen-bond acceptors (Lipinski definition) is 2. The zero-order valence-electron chi connectivity index (χ0n) is 12.9. The highest BCUT2D eigenvalue weighted by molar-refractivity contribution is 6.35. The van der Waals surface area contributed by atoms with Gasteiger partial charge in [-0.05, 0) is 42.3 Å². The third kappa shape index (κ3) is 4.08. The van der Waals surface area contributed by atoms with Crippen LogP contribution in [0.2, 0.25) is 10.0 Å². The van der Waals surface area contributed by atoms with E-state index < -0.39 is 0 Å². The van der Waals surface area contributed by atoms with Gasteiger partial charge in [-0.2, -0.15) is 0 Å². The first kappa shape index (κ1) is 16.8. The molecule has 0 saturated carbocycles. The molecule has 4 nitrogen and oxygen atoms in total. The molecule has 3 rings (SSSR count). The van der Waals surface area contributed by atoms with E-state index in [1.54, 1.807) is 23.1 Å². The zero-order valence-corrected chi connectivity index (χ0v) is 14.4. The highest BCUT2D eigenvalue weighted by Gasteiger charge is 2.21. The van der Waals surface area contributed by atoms with Crippen molar-refractivity contribution in [3.8, 4) is 0 Å². The average molecular weight is 363 g/mol. The summed E-state index contributed by atoms with van der Waals surface area (Å²) in [6.07, 6.45) is 1.73. The van der Waals surface area contributed by atoms with Crippen LogP contribution in [0, 0.1) is 0 Å². The van der Waals surface area contributed by atoms with Crippen LogP contribution in [0.4, 0.5) is 11.4 Å². The summed E-state index contributed by atoms with van der Waals surface area (Å²) in [4.78, 5) is 25.6. The third-order valence-corrected chi connectivity index (χ3v) is 4.27. The van der Waals surface area contributed by atoms with E-state index in [2.05, 4.69) is 5.32 Å². The van der Waals surface area contributed by atoms with E-state index in [-0.39, 0.29) is 18.2 Å². The van der Waals surface area contributed by atoms with Crippen molar-refractivity contribution in [3.05, 3.63) is 58.1 Å². The number of amides is 2. The fraction of sp³-hybridized carbons (Fsp3) is 0.222. The Kier molecular flexibility index (Phi) is 5.07. The fourth-order valence-electron chi connectivity index (χ4n) is 2.73. The third-order valence-electron chi connectivity index (χ3n) is 3.83. The SMILES string of the molecule is O=C(Cc1ccc(N2CCCC2=O)cc1)Nc1cc(Cl)cc(Cl)c1. The summed E-state index contributed by atoms with van der Waals surface area (Å²) in [6.45, 7) is 0.758. The first-order valence-electron chi connectivity index (χ1n) is 7.66. The molecule has 124 valence electrons. The van der Waals surface area contributed by atoms with Gasteiger partial charge in [0.25, 0.3) is 0 Å². The lowest BCUT2D eigenvalue weighted by atomic mass is 10.1. The van der Waals surface area contributed by atoms with Crippen LogP contribution in [-0.2, 0) is 16.0 Å². The van der Waals surface area contributed by atoms with Crippen LogP contribution in [-0.4, -0.2) is 18.4 Å². The summed E-state index contributed by atoms with van der Waals surface area (Å²) in [5.41, 5.74) is 2.32. The molecule has 2 aromatic carbocycles. The Morgan fingerprint density at radius 2 is 1.75 bits per heavy atom. The topological polar surface area (TPSA) is 49.4 Å². The van der Waals surface area contributed by atoms with E-state index in [4.69, 9.17) is 23.2 Å². The quantitative estimate of drug-likeness (QED) is 0.881. The van der Waals surface area contributed by atoms with E-state index in [1.807, 2.05) is 24.3 Å². The smallest absolute Gasteiger partial charge is 0.228 e. The lowest BCUT2D eigenvalue weighted by Crippen LogP contribution is -2.23. The van der Waals surface area contributed by atoms with Crippen LogP contribution < -0.4 is 10.2 Å². The number of carbonyl (C=O) groups is 2. The second-order valence-electron chi connectivity index (χ2n) is 5.70. The molecule has 1 aliphatic rings.